The maximum absolute atomic E-state index is 6.11. The summed E-state index contributed by atoms with van der Waals surface area (Å²) in [4.78, 5) is 8.94. The SMILES string of the molecule is Cn1cc(-c2nc(Cl)cc(C3CCCC3)n2)cn1. The van der Waals surface area contributed by atoms with Crippen molar-refractivity contribution in [3.05, 3.63) is 29.3 Å². The first-order valence-corrected chi connectivity index (χ1v) is 6.63. The van der Waals surface area contributed by atoms with Crippen LogP contribution >= 0.6 is 11.6 Å². The second-order valence-corrected chi connectivity index (χ2v) is 5.21. The fraction of sp³-hybridized carbons (Fsp3) is 0.462. The summed E-state index contributed by atoms with van der Waals surface area (Å²) in [5, 5.41) is 4.66. The number of halogens is 1. The molecule has 0 aromatic carbocycles. The van der Waals surface area contributed by atoms with Crippen LogP contribution < -0.4 is 0 Å². The van der Waals surface area contributed by atoms with E-state index in [0.717, 1.165) is 11.3 Å². The van der Waals surface area contributed by atoms with Crippen LogP contribution in [0.5, 0.6) is 0 Å². The fourth-order valence-electron chi connectivity index (χ4n) is 2.53. The Morgan fingerprint density at radius 3 is 2.72 bits per heavy atom. The van der Waals surface area contributed by atoms with Gasteiger partial charge < -0.3 is 0 Å². The molecule has 1 saturated carbocycles. The summed E-state index contributed by atoms with van der Waals surface area (Å²) in [6, 6.07) is 1.90. The molecule has 2 heterocycles. The summed E-state index contributed by atoms with van der Waals surface area (Å²) in [6.45, 7) is 0. The van der Waals surface area contributed by atoms with Crippen molar-refractivity contribution < 1.29 is 0 Å². The molecule has 5 heteroatoms. The van der Waals surface area contributed by atoms with E-state index in [1.807, 2.05) is 19.3 Å². The molecule has 0 aliphatic heterocycles. The van der Waals surface area contributed by atoms with Crippen LogP contribution in [-0.4, -0.2) is 19.7 Å². The molecule has 0 saturated heterocycles. The number of rotatable bonds is 2. The van der Waals surface area contributed by atoms with Crippen molar-refractivity contribution in [3.8, 4) is 11.4 Å². The number of aromatic nitrogens is 4. The smallest absolute Gasteiger partial charge is 0.164 e. The van der Waals surface area contributed by atoms with Crippen LogP contribution in [0.25, 0.3) is 11.4 Å². The topological polar surface area (TPSA) is 43.6 Å². The average molecular weight is 263 g/mol. The Morgan fingerprint density at radius 2 is 2.06 bits per heavy atom. The third-order valence-corrected chi connectivity index (χ3v) is 3.64. The largest absolute Gasteiger partial charge is 0.275 e. The summed E-state index contributed by atoms with van der Waals surface area (Å²) in [5.74, 6) is 1.22. The molecule has 1 fully saturated rings. The van der Waals surface area contributed by atoms with E-state index in [-0.39, 0.29) is 0 Å². The predicted octanol–water partition coefficient (Wildman–Crippen LogP) is 3.19. The number of aryl methyl sites for hydroxylation is 1. The van der Waals surface area contributed by atoms with Crippen LogP contribution in [0.4, 0.5) is 0 Å². The molecule has 0 N–H and O–H groups in total. The lowest BCUT2D eigenvalue weighted by Gasteiger charge is -2.09. The van der Waals surface area contributed by atoms with Gasteiger partial charge in [0.1, 0.15) is 5.15 Å². The van der Waals surface area contributed by atoms with Gasteiger partial charge in [-0.3, -0.25) is 4.68 Å². The second kappa shape index (κ2) is 4.69. The summed E-state index contributed by atoms with van der Waals surface area (Å²) in [5.41, 5.74) is 1.99. The van der Waals surface area contributed by atoms with Gasteiger partial charge in [-0.05, 0) is 18.9 Å². The van der Waals surface area contributed by atoms with Crippen LogP contribution in [0.3, 0.4) is 0 Å². The Labute approximate surface area is 111 Å². The minimum absolute atomic E-state index is 0.519. The maximum atomic E-state index is 6.11. The van der Waals surface area contributed by atoms with Gasteiger partial charge >= 0.3 is 0 Å². The third-order valence-electron chi connectivity index (χ3n) is 3.45. The molecule has 0 spiro atoms. The first kappa shape index (κ1) is 11.7. The van der Waals surface area contributed by atoms with Crippen molar-refractivity contribution in [2.24, 2.45) is 7.05 Å². The lowest BCUT2D eigenvalue weighted by Crippen LogP contribution is -2.00. The molecular formula is C13H15ClN4. The van der Waals surface area contributed by atoms with E-state index in [0.29, 0.717) is 16.9 Å². The summed E-state index contributed by atoms with van der Waals surface area (Å²) >= 11 is 6.11. The zero-order chi connectivity index (χ0) is 12.5. The van der Waals surface area contributed by atoms with Crippen LogP contribution in [0.1, 0.15) is 37.3 Å². The summed E-state index contributed by atoms with van der Waals surface area (Å²) in [7, 11) is 1.88. The van der Waals surface area contributed by atoms with Gasteiger partial charge in [0.25, 0.3) is 0 Å². The molecule has 0 radical (unpaired) electrons. The standard InChI is InChI=1S/C13H15ClN4/c1-18-8-10(7-15-18)13-16-11(6-12(14)17-13)9-4-2-3-5-9/h6-9H,2-5H2,1H3. The Bertz CT molecular complexity index is 558. The summed E-state index contributed by atoms with van der Waals surface area (Å²) in [6.07, 6.45) is 8.66. The minimum atomic E-state index is 0.519. The van der Waals surface area contributed by atoms with Gasteiger partial charge in [0.15, 0.2) is 5.82 Å². The number of hydrogen-bond donors (Lipinski definition) is 0. The zero-order valence-corrected chi connectivity index (χ0v) is 11.1. The third kappa shape index (κ3) is 2.25. The fourth-order valence-corrected chi connectivity index (χ4v) is 2.72. The van der Waals surface area contributed by atoms with Crippen molar-refractivity contribution in [1.82, 2.24) is 19.7 Å². The molecule has 2 aromatic heterocycles. The molecule has 0 amide bonds. The van der Waals surface area contributed by atoms with Crippen molar-refractivity contribution in [2.45, 2.75) is 31.6 Å². The molecule has 3 rings (SSSR count). The highest BCUT2D eigenvalue weighted by Gasteiger charge is 2.20. The highest BCUT2D eigenvalue weighted by atomic mass is 35.5. The van der Waals surface area contributed by atoms with Crippen LogP contribution in [0.15, 0.2) is 18.5 Å². The first-order valence-electron chi connectivity index (χ1n) is 6.26. The Hall–Kier alpha value is -1.42. The van der Waals surface area contributed by atoms with Gasteiger partial charge in [-0.15, -0.1) is 0 Å². The molecule has 0 atom stereocenters. The van der Waals surface area contributed by atoms with Crippen LogP contribution in [-0.2, 0) is 7.05 Å². The van der Waals surface area contributed by atoms with E-state index in [1.165, 1.54) is 25.7 Å². The van der Waals surface area contributed by atoms with E-state index in [1.54, 1.807) is 10.9 Å². The van der Waals surface area contributed by atoms with Crippen molar-refractivity contribution in [1.29, 1.82) is 0 Å². The van der Waals surface area contributed by atoms with Crippen LogP contribution in [0, 0.1) is 0 Å². The molecule has 0 unspecified atom stereocenters. The van der Waals surface area contributed by atoms with Gasteiger partial charge in [-0.1, -0.05) is 24.4 Å². The van der Waals surface area contributed by atoms with Crippen molar-refractivity contribution in [2.75, 3.05) is 0 Å². The minimum Gasteiger partial charge on any atom is -0.275 e. The van der Waals surface area contributed by atoms with Gasteiger partial charge in [-0.2, -0.15) is 5.10 Å². The van der Waals surface area contributed by atoms with E-state index in [2.05, 4.69) is 15.1 Å². The Morgan fingerprint density at radius 1 is 1.28 bits per heavy atom. The van der Waals surface area contributed by atoms with E-state index < -0.39 is 0 Å². The lowest BCUT2D eigenvalue weighted by atomic mass is 10.0. The molecule has 18 heavy (non-hydrogen) atoms. The Balaban J connectivity index is 1.99. The summed E-state index contributed by atoms with van der Waals surface area (Å²) < 4.78 is 1.74. The van der Waals surface area contributed by atoms with Gasteiger partial charge in [-0.25, -0.2) is 9.97 Å². The maximum Gasteiger partial charge on any atom is 0.164 e. The molecule has 1 aliphatic carbocycles. The lowest BCUT2D eigenvalue weighted by molar-refractivity contribution is 0.695. The van der Waals surface area contributed by atoms with Crippen LogP contribution in [0.2, 0.25) is 5.15 Å². The zero-order valence-electron chi connectivity index (χ0n) is 10.3. The van der Waals surface area contributed by atoms with E-state index in [9.17, 15) is 0 Å². The highest BCUT2D eigenvalue weighted by Crippen LogP contribution is 2.34. The van der Waals surface area contributed by atoms with E-state index in [4.69, 9.17) is 11.6 Å². The molecule has 1 aliphatic rings. The van der Waals surface area contributed by atoms with E-state index >= 15 is 0 Å². The average Bonchev–Trinajstić information content (AvgIpc) is 2.98. The normalized spacial score (nSPS) is 16.3. The van der Waals surface area contributed by atoms with Gasteiger partial charge in [0, 0.05) is 24.9 Å². The quantitative estimate of drug-likeness (QED) is 0.781. The van der Waals surface area contributed by atoms with Crippen molar-refractivity contribution in [3.63, 3.8) is 0 Å². The monoisotopic (exact) mass is 262 g/mol. The molecule has 0 bridgehead atoms. The predicted molar refractivity (Wildman–Crippen MR) is 70.5 cm³/mol. The first-order chi connectivity index (χ1) is 8.72. The van der Waals surface area contributed by atoms with Gasteiger partial charge in [0.2, 0.25) is 0 Å². The van der Waals surface area contributed by atoms with Gasteiger partial charge in [0.05, 0.1) is 11.8 Å². The molecular weight excluding hydrogens is 248 g/mol. The Kier molecular flexibility index (Phi) is 3.04. The number of nitrogens with zero attached hydrogens (tertiary/aromatic N) is 4. The molecule has 94 valence electrons. The highest BCUT2D eigenvalue weighted by molar-refractivity contribution is 6.29. The molecule has 4 nitrogen and oxygen atoms in total. The second-order valence-electron chi connectivity index (χ2n) is 4.82. The van der Waals surface area contributed by atoms with Crippen molar-refractivity contribution >= 4 is 11.6 Å². The number of hydrogen-bond acceptors (Lipinski definition) is 3. The molecule has 2 aromatic rings.